The highest BCUT2D eigenvalue weighted by Gasteiger charge is 2.35. The van der Waals surface area contributed by atoms with E-state index >= 15 is 0 Å². The molecule has 0 saturated heterocycles. The van der Waals surface area contributed by atoms with Crippen molar-refractivity contribution in [1.29, 1.82) is 0 Å². The van der Waals surface area contributed by atoms with Gasteiger partial charge in [0, 0.05) is 0 Å². The molecule has 0 atom stereocenters. The predicted molar refractivity (Wildman–Crippen MR) is 67.8 cm³/mol. The van der Waals surface area contributed by atoms with Gasteiger partial charge in [0.2, 0.25) is 0 Å². The molecule has 112 valence electrons. The van der Waals surface area contributed by atoms with E-state index in [1.54, 1.807) is 27.7 Å². The molecule has 0 spiro atoms. The first-order chi connectivity index (χ1) is 9.04. The Bertz CT molecular complexity index is 487. The van der Waals surface area contributed by atoms with E-state index in [0.717, 1.165) is 12.1 Å². The number of rotatable bonds is 3. The summed E-state index contributed by atoms with van der Waals surface area (Å²) in [5, 5.41) is 0. The Morgan fingerprint density at radius 2 is 1.80 bits per heavy atom. The maximum atomic E-state index is 12.9. The summed E-state index contributed by atoms with van der Waals surface area (Å²) in [6, 6.07) is 3.14. The molecule has 0 fully saturated rings. The van der Waals surface area contributed by atoms with Gasteiger partial charge in [-0.2, -0.15) is 13.2 Å². The second kappa shape index (κ2) is 5.73. The third-order valence-corrected chi connectivity index (χ3v) is 2.22. The molecule has 0 radical (unpaired) electrons. The molecule has 0 aliphatic rings. The summed E-state index contributed by atoms with van der Waals surface area (Å²) in [6.07, 6.45) is -4.59. The zero-order valence-corrected chi connectivity index (χ0v) is 11.8. The fraction of sp³-hybridized carbons (Fsp3) is 0.500. The van der Waals surface area contributed by atoms with E-state index in [-0.39, 0.29) is 17.9 Å². The topological polar surface area (TPSA) is 35.5 Å². The van der Waals surface area contributed by atoms with Gasteiger partial charge in [-0.15, -0.1) is 0 Å². The fourth-order valence-corrected chi connectivity index (χ4v) is 1.50. The van der Waals surface area contributed by atoms with Gasteiger partial charge in [-0.25, -0.2) is 4.79 Å². The molecule has 3 nitrogen and oxygen atoms in total. The lowest BCUT2D eigenvalue weighted by Crippen LogP contribution is -2.24. The molecule has 0 saturated carbocycles. The van der Waals surface area contributed by atoms with Crippen molar-refractivity contribution in [2.75, 3.05) is 6.61 Å². The minimum absolute atomic E-state index is 0.106. The largest absolute Gasteiger partial charge is 0.493 e. The molecule has 6 heteroatoms. The first kappa shape index (κ1) is 16.3. The minimum Gasteiger partial charge on any atom is -0.493 e. The van der Waals surface area contributed by atoms with Gasteiger partial charge in [-0.3, -0.25) is 0 Å². The molecule has 0 aromatic heterocycles. The number of esters is 1. The van der Waals surface area contributed by atoms with Crippen LogP contribution in [0, 0.1) is 0 Å². The smallest absolute Gasteiger partial charge is 0.419 e. The Labute approximate surface area is 115 Å². The summed E-state index contributed by atoms with van der Waals surface area (Å²) in [6.45, 7) is 6.62. The summed E-state index contributed by atoms with van der Waals surface area (Å²) in [4.78, 5) is 11.8. The molecular weight excluding hydrogens is 273 g/mol. The van der Waals surface area contributed by atoms with Gasteiger partial charge in [0.25, 0.3) is 0 Å². The summed E-state index contributed by atoms with van der Waals surface area (Å²) < 4.78 is 48.7. The van der Waals surface area contributed by atoms with Crippen LogP contribution in [0.5, 0.6) is 5.75 Å². The lowest BCUT2D eigenvalue weighted by atomic mass is 10.1. The van der Waals surface area contributed by atoms with Crippen molar-refractivity contribution in [3.05, 3.63) is 29.3 Å². The van der Waals surface area contributed by atoms with Gasteiger partial charge < -0.3 is 9.47 Å². The SMILES string of the molecule is CCOc1ccc(C(=O)OC(C)(C)C)cc1C(F)(F)F. The summed E-state index contributed by atoms with van der Waals surface area (Å²) in [7, 11) is 0. The van der Waals surface area contributed by atoms with Crippen LogP contribution >= 0.6 is 0 Å². The molecule has 1 aromatic rings. The van der Waals surface area contributed by atoms with E-state index in [9.17, 15) is 18.0 Å². The summed E-state index contributed by atoms with van der Waals surface area (Å²) in [5.41, 5.74) is -1.91. The van der Waals surface area contributed by atoms with Crippen LogP contribution in [-0.2, 0) is 10.9 Å². The van der Waals surface area contributed by atoms with Crippen molar-refractivity contribution >= 4 is 5.97 Å². The van der Waals surface area contributed by atoms with E-state index in [4.69, 9.17) is 9.47 Å². The number of hydrogen-bond acceptors (Lipinski definition) is 3. The van der Waals surface area contributed by atoms with E-state index in [2.05, 4.69) is 0 Å². The first-order valence-corrected chi connectivity index (χ1v) is 6.12. The van der Waals surface area contributed by atoms with Gasteiger partial charge in [0.05, 0.1) is 17.7 Å². The monoisotopic (exact) mass is 290 g/mol. The van der Waals surface area contributed by atoms with Crippen LogP contribution in [0.1, 0.15) is 43.6 Å². The van der Waals surface area contributed by atoms with Crippen molar-refractivity contribution in [1.82, 2.24) is 0 Å². The van der Waals surface area contributed by atoms with Crippen LogP contribution in [0.2, 0.25) is 0 Å². The number of carbonyl (C=O) groups excluding carboxylic acids is 1. The number of benzene rings is 1. The number of halogens is 3. The molecule has 1 rings (SSSR count). The van der Waals surface area contributed by atoms with Gasteiger partial charge in [0.1, 0.15) is 11.4 Å². The Kier molecular flexibility index (Phi) is 4.68. The van der Waals surface area contributed by atoms with Crippen molar-refractivity contribution in [3.63, 3.8) is 0 Å². The number of carbonyl (C=O) groups is 1. The quantitative estimate of drug-likeness (QED) is 0.787. The van der Waals surface area contributed by atoms with Crippen LogP contribution in [0.15, 0.2) is 18.2 Å². The first-order valence-electron chi connectivity index (χ1n) is 6.12. The third-order valence-electron chi connectivity index (χ3n) is 2.22. The number of ether oxygens (including phenoxy) is 2. The molecule has 0 bridgehead atoms. The summed E-state index contributed by atoms with van der Waals surface area (Å²) in [5.74, 6) is -1.10. The number of hydrogen-bond donors (Lipinski definition) is 0. The summed E-state index contributed by atoms with van der Waals surface area (Å²) >= 11 is 0. The lowest BCUT2D eigenvalue weighted by Gasteiger charge is -2.20. The van der Waals surface area contributed by atoms with E-state index in [0.29, 0.717) is 0 Å². The van der Waals surface area contributed by atoms with Gasteiger partial charge in [-0.05, 0) is 45.9 Å². The van der Waals surface area contributed by atoms with Crippen molar-refractivity contribution in [2.45, 2.75) is 39.5 Å². The third kappa shape index (κ3) is 4.43. The second-order valence-corrected chi connectivity index (χ2v) is 5.14. The van der Waals surface area contributed by atoms with E-state index in [1.807, 2.05) is 0 Å². The zero-order chi connectivity index (χ0) is 15.6. The molecule has 0 aliphatic heterocycles. The maximum Gasteiger partial charge on any atom is 0.419 e. The average molecular weight is 290 g/mol. The van der Waals surface area contributed by atoms with Crippen LogP contribution in [0.4, 0.5) is 13.2 Å². The lowest BCUT2D eigenvalue weighted by molar-refractivity contribution is -0.138. The average Bonchev–Trinajstić information content (AvgIpc) is 2.26. The minimum atomic E-state index is -4.59. The van der Waals surface area contributed by atoms with E-state index in [1.165, 1.54) is 6.07 Å². The molecule has 0 aliphatic carbocycles. The Morgan fingerprint density at radius 3 is 2.25 bits per heavy atom. The molecule has 0 unspecified atom stereocenters. The second-order valence-electron chi connectivity index (χ2n) is 5.14. The van der Waals surface area contributed by atoms with Gasteiger partial charge in [-0.1, -0.05) is 0 Å². The predicted octanol–water partition coefficient (Wildman–Crippen LogP) is 4.06. The Balaban J connectivity index is 3.16. The molecule has 0 N–H and O–H groups in total. The van der Waals surface area contributed by atoms with Gasteiger partial charge in [0.15, 0.2) is 0 Å². The Hall–Kier alpha value is -1.72. The highest BCUT2D eigenvalue weighted by atomic mass is 19.4. The van der Waals surface area contributed by atoms with Crippen LogP contribution in [0.25, 0.3) is 0 Å². The molecule has 0 heterocycles. The maximum absolute atomic E-state index is 12.9. The molecule has 0 amide bonds. The normalized spacial score (nSPS) is 12.2. The van der Waals surface area contributed by atoms with Crippen LogP contribution in [-0.4, -0.2) is 18.2 Å². The van der Waals surface area contributed by atoms with Gasteiger partial charge >= 0.3 is 12.1 Å². The standard InChI is InChI=1S/C14H17F3O3/c1-5-19-11-7-6-9(8-10(11)14(15,16)17)12(18)20-13(2,3)4/h6-8H,5H2,1-4H3. The molecule has 20 heavy (non-hydrogen) atoms. The zero-order valence-electron chi connectivity index (χ0n) is 11.8. The highest BCUT2D eigenvalue weighted by Crippen LogP contribution is 2.37. The van der Waals surface area contributed by atoms with Crippen molar-refractivity contribution in [3.8, 4) is 5.75 Å². The molecular formula is C14H17F3O3. The number of alkyl halides is 3. The Morgan fingerprint density at radius 1 is 1.20 bits per heavy atom. The van der Waals surface area contributed by atoms with E-state index < -0.39 is 23.3 Å². The van der Waals surface area contributed by atoms with Crippen LogP contribution in [0.3, 0.4) is 0 Å². The van der Waals surface area contributed by atoms with Crippen molar-refractivity contribution < 1.29 is 27.4 Å². The highest BCUT2D eigenvalue weighted by molar-refractivity contribution is 5.90. The van der Waals surface area contributed by atoms with Crippen LogP contribution < -0.4 is 4.74 Å². The van der Waals surface area contributed by atoms with Crippen molar-refractivity contribution in [2.24, 2.45) is 0 Å². The fourth-order valence-electron chi connectivity index (χ4n) is 1.50. The molecule has 1 aromatic carbocycles.